The highest BCUT2D eigenvalue weighted by Gasteiger charge is 2.21. The van der Waals surface area contributed by atoms with E-state index in [1.807, 2.05) is 19.1 Å². The molecule has 1 fully saturated rings. The molecule has 6 heteroatoms. The second kappa shape index (κ2) is 8.76. The van der Waals surface area contributed by atoms with Crippen molar-refractivity contribution in [3.05, 3.63) is 35.4 Å². The molecule has 0 saturated carbocycles. The maximum Gasteiger partial charge on any atom is 0.321 e. The smallest absolute Gasteiger partial charge is 0.321 e. The number of carbonyl (C=O) groups is 2. The van der Waals surface area contributed by atoms with Crippen LogP contribution in [-0.2, 0) is 9.53 Å². The van der Waals surface area contributed by atoms with Gasteiger partial charge in [-0.25, -0.2) is 0 Å². The number of benzene rings is 1. The van der Waals surface area contributed by atoms with Gasteiger partial charge in [0.05, 0.1) is 13.2 Å². The van der Waals surface area contributed by atoms with Crippen molar-refractivity contribution in [3.63, 3.8) is 0 Å². The van der Waals surface area contributed by atoms with E-state index in [1.54, 1.807) is 12.1 Å². The summed E-state index contributed by atoms with van der Waals surface area (Å²) in [6, 6.07) is 6.34. The third kappa shape index (κ3) is 5.74. The lowest BCUT2D eigenvalue weighted by molar-refractivity contribution is -0.139. The molecule has 1 aromatic carbocycles. The number of nitrogens with zero attached hydrogens (tertiary/aromatic N) is 1. The Bertz CT molecular complexity index is 524. The number of ether oxygens (including phenoxy) is 1. The number of nitrogens with one attached hydrogen (secondary N) is 1. The third-order valence-corrected chi connectivity index (χ3v) is 3.98. The molecule has 0 aliphatic carbocycles. The number of ketones is 1. The number of carbonyl (C=O) groups excluding carboxylic acids is 1. The maximum atomic E-state index is 12.2. The highest BCUT2D eigenvalue weighted by atomic mass is 16.5. The van der Waals surface area contributed by atoms with Crippen molar-refractivity contribution in [1.82, 2.24) is 10.2 Å². The van der Waals surface area contributed by atoms with Crippen molar-refractivity contribution in [1.29, 1.82) is 0 Å². The first kappa shape index (κ1) is 17.6. The number of aryl methyl sites for hydroxylation is 1. The first-order chi connectivity index (χ1) is 11.1. The number of hydrogen-bond donors (Lipinski definition) is 2. The van der Waals surface area contributed by atoms with Crippen LogP contribution in [-0.4, -0.2) is 67.2 Å². The van der Waals surface area contributed by atoms with Gasteiger partial charge in [0.1, 0.15) is 6.04 Å². The number of carboxylic acids is 1. The van der Waals surface area contributed by atoms with E-state index in [0.717, 1.165) is 25.2 Å². The van der Waals surface area contributed by atoms with Crippen molar-refractivity contribution >= 4 is 11.8 Å². The normalized spacial score (nSPS) is 16.9. The lowest BCUT2D eigenvalue weighted by Crippen LogP contribution is -2.45. The first-order valence-electron chi connectivity index (χ1n) is 7.92. The minimum absolute atomic E-state index is 0.0402. The Morgan fingerprint density at radius 2 is 1.91 bits per heavy atom. The predicted molar refractivity (Wildman–Crippen MR) is 86.8 cm³/mol. The maximum absolute atomic E-state index is 12.2. The summed E-state index contributed by atoms with van der Waals surface area (Å²) >= 11 is 0. The fourth-order valence-electron chi connectivity index (χ4n) is 2.51. The molecule has 1 aliphatic heterocycles. The van der Waals surface area contributed by atoms with Gasteiger partial charge in [-0.3, -0.25) is 14.5 Å². The summed E-state index contributed by atoms with van der Waals surface area (Å²) in [5.74, 6) is -1.15. The van der Waals surface area contributed by atoms with Gasteiger partial charge < -0.3 is 15.2 Å². The summed E-state index contributed by atoms with van der Waals surface area (Å²) in [7, 11) is 0. The minimum Gasteiger partial charge on any atom is -0.480 e. The molecule has 23 heavy (non-hydrogen) atoms. The summed E-state index contributed by atoms with van der Waals surface area (Å²) < 4.78 is 5.27. The zero-order valence-corrected chi connectivity index (χ0v) is 13.5. The molecule has 0 unspecified atom stereocenters. The number of hydrogen-bond acceptors (Lipinski definition) is 5. The van der Waals surface area contributed by atoms with Crippen LogP contribution in [0.1, 0.15) is 22.3 Å². The van der Waals surface area contributed by atoms with Gasteiger partial charge in [-0.2, -0.15) is 0 Å². The van der Waals surface area contributed by atoms with Crippen molar-refractivity contribution < 1.29 is 19.4 Å². The molecule has 0 radical (unpaired) electrons. The molecule has 1 atom stereocenters. The van der Waals surface area contributed by atoms with E-state index in [0.29, 0.717) is 25.3 Å². The summed E-state index contributed by atoms with van der Waals surface area (Å²) in [6.45, 7) is 6.40. The average molecular weight is 320 g/mol. The first-order valence-corrected chi connectivity index (χ1v) is 7.92. The van der Waals surface area contributed by atoms with Gasteiger partial charge in [-0.1, -0.05) is 29.8 Å². The Hall–Kier alpha value is -1.76. The average Bonchev–Trinajstić information content (AvgIpc) is 2.55. The largest absolute Gasteiger partial charge is 0.480 e. The van der Waals surface area contributed by atoms with Gasteiger partial charge in [0.2, 0.25) is 0 Å². The van der Waals surface area contributed by atoms with E-state index in [1.165, 1.54) is 0 Å². The molecule has 2 rings (SSSR count). The van der Waals surface area contributed by atoms with Gasteiger partial charge in [-0.05, 0) is 6.92 Å². The Kier molecular flexibility index (Phi) is 6.70. The predicted octanol–water partition coefficient (Wildman–Crippen LogP) is 0.943. The van der Waals surface area contributed by atoms with Crippen LogP contribution in [0.25, 0.3) is 0 Å². The van der Waals surface area contributed by atoms with Crippen molar-refractivity contribution in [2.45, 2.75) is 19.4 Å². The van der Waals surface area contributed by atoms with Crippen molar-refractivity contribution in [3.8, 4) is 0 Å². The molecular weight excluding hydrogens is 296 g/mol. The molecule has 1 heterocycles. The van der Waals surface area contributed by atoms with Crippen molar-refractivity contribution in [2.24, 2.45) is 0 Å². The number of Topliss-reactive ketones (excluding diaryl/α,β-unsaturated/α-hetero) is 1. The molecule has 126 valence electrons. The molecule has 0 bridgehead atoms. The standard InChI is InChI=1S/C17H24N2O4/c1-13-2-4-14(5-3-13)16(20)12-15(17(21)22)18-6-7-19-8-10-23-11-9-19/h2-5,15,18H,6-12H2,1H3,(H,21,22)/t15-/m0/s1. The lowest BCUT2D eigenvalue weighted by Gasteiger charge is -2.27. The molecule has 2 N–H and O–H groups in total. The molecule has 0 spiro atoms. The second-order valence-corrected chi connectivity index (χ2v) is 5.79. The van der Waals surface area contributed by atoms with Gasteiger partial charge >= 0.3 is 5.97 Å². The Labute approximate surface area is 136 Å². The highest BCUT2D eigenvalue weighted by Crippen LogP contribution is 2.08. The van der Waals surface area contributed by atoms with Gasteiger partial charge in [0, 0.05) is 38.2 Å². The van der Waals surface area contributed by atoms with Crippen LogP contribution in [0.5, 0.6) is 0 Å². The van der Waals surface area contributed by atoms with Crippen LogP contribution in [0, 0.1) is 6.92 Å². The highest BCUT2D eigenvalue weighted by molar-refractivity contribution is 5.98. The molecule has 1 aliphatic rings. The van der Waals surface area contributed by atoms with Crippen LogP contribution in [0.2, 0.25) is 0 Å². The third-order valence-electron chi connectivity index (χ3n) is 3.98. The summed E-state index contributed by atoms with van der Waals surface area (Å²) in [6.07, 6.45) is -0.0402. The molecule has 1 saturated heterocycles. The Balaban J connectivity index is 1.81. The molecule has 0 amide bonds. The molecule has 6 nitrogen and oxygen atoms in total. The fourth-order valence-corrected chi connectivity index (χ4v) is 2.51. The minimum atomic E-state index is -0.993. The Morgan fingerprint density at radius 1 is 1.26 bits per heavy atom. The number of carboxylic acid groups (broad SMARTS) is 1. The van der Waals surface area contributed by atoms with Gasteiger partial charge in [-0.15, -0.1) is 0 Å². The van der Waals surface area contributed by atoms with E-state index < -0.39 is 12.0 Å². The van der Waals surface area contributed by atoms with Crippen LogP contribution in [0.4, 0.5) is 0 Å². The summed E-state index contributed by atoms with van der Waals surface area (Å²) in [5, 5.41) is 12.3. The summed E-state index contributed by atoms with van der Waals surface area (Å²) in [4.78, 5) is 25.8. The van der Waals surface area contributed by atoms with Crippen molar-refractivity contribution in [2.75, 3.05) is 39.4 Å². The van der Waals surface area contributed by atoms with E-state index >= 15 is 0 Å². The zero-order valence-electron chi connectivity index (χ0n) is 13.5. The number of aliphatic carboxylic acids is 1. The van der Waals surface area contributed by atoms with Crippen LogP contribution < -0.4 is 5.32 Å². The molecule has 0 aromatic heterocycles. The van der Waals surface area contributed by atoms with Gasteiger partial charge in [0.15, 0.2) is 5.78 Å². The van der Waals surface area contributed by atoms with E-state index in [4.69, 9.17) is 4.74 Å². The number of morpholine rings is 1. The monoisotopic (exact) mass is 320 g/mol. The van der Waals surface area contributed by atoms with E-state index in [-0.39, 0.29) is 12.2 Å². The molecular formula is C17H24N2O4. The van der Waals surface area contributed by atoms with E-state index in [2.05, 4.69) is 10.2 Å². The second-order valence-electron chi connectivity index (χ2n) is 5.79. The topological polar surface area (TPSA) is 78.9 Å². The number of rotatable bonds is 8. The van der Waals surface area contributed by atoms with Gasteiger partial charge in [0.25, 0.3) is 0 Å². The zero-order chi connectivity index (χ0) is 16.7. The molecule has 1 aromatic rings. The van der Waals surface area contributed by atoms with Crippen LogP contribution in [0.3, 0.4) is 0 Å². The lowest BCUT2D eigenvalue weighted by atomic mass is 10.0. The fraction of sp³-hybridized carbons (Fsp3) is 0.529. The van der Waals surface area contributed by atoms with Crippen LogP contribution >= 0.6 is 0 Å². The van der Waals surface area contributed by atoms with E-state index in [9.17, 15) is 14.7 Å². The SMILES string of the molecule is Cc1ccc(C(=O)C[C@H](NCCN2CCOCC2)C(=O)O)cc1. The Morgan fingerprint density at radius 3 is 2.52 bits per heavy atom. The summed E-state index contributed by atoms with van der Waals surface area (Å²) in [5.41, 5.74) is 1.62. The quantitative estimate of drug-likeness (QED) is 0.694. The van der Waals surface area contributed by atoms with Crippen LogP contribution in [0.15, 0.2) is 24.3 Å².